The summed E-state index contributed by atoms with van der Waals surface area (Å²) < 4.78 is 40.8. The average Bonchev–Trinajstić information content (AvgIpc) is 2.73. The van der Waals surface area contributed by atoms with Gasteiger partial charge in [-0.25, -0.2) is 4.79 Å². The Balaban J connectivity index is 1.71. The first-order valence-electron chi connectivity index (χ1n) is 10.1. The van der Waals surface area contributed by atoms with E-state index in [1.54, 1.807) is 11.1 Å². The molecule has 0 saturated heterocycles. The molecule has 2 amide bonds. The Kier molecular flexibility index (Phi) is 7.02. The fraction of sp³-hybridized carbons (Fsp3) is 0.250. The van der Waals surface area contributed by atoms with Gasteiger partial charge in [0, 0.05) is 30.0 Å². The molecule has 0 saturated carbocycles. The molecule has 0 atom stereocenters. The number of rotatable bonds is 6. The van der Waals surface area contributed by atoms with E-state index in [4.69, 9.17) is 0 Å². The standard InChI is InChI=1S/C24H24F3N3O2/c1-16(2)30(23(31)29-20-8-10-21(11-9-20)32-24(25,26)27)15-18-5-4-6-19(13-18)22-12-7-17(3)14-28-22/h4-14,16H,15H2,1-3H3,(H,29,31). The van der Waals surface area contributed by atoms with Crippen molar-refractivity contribution >= 4 is 11.7 Å². The molecule has 0 radical (unpaired) electrons. The van der Waals surface area contributed by atoms with Crippen LogP contribution in [0, 0.1) is 6.92 Å². The number of benzene rings is 2. The van der Waals surface area contributed by atoms with Crippen molar-refractivity contribution in [3.05, 3.63) is 78.0 Å². The number of anilines is 1. The van der Waals surface area contributed by atoms with Crippen molar-refractivity contribution in [3.8, 4) is 17.0 Å². The maximum absolute atomic E-state index is 12.9. The predicted octanol–water partition coefficient (Wildman–Crippen LogP) is 6.40. The number of nitrogens with one attached hydrogen (secondary N) is 1. The first-order chi connectivity index (χ1) is 15.1. The second-order valence-electron chi connectivity index (χ2n) is 7.65. The Morgan fingerprint density at radius 3 is 2.41 bits per heavy atom. The highest BCUT2D eigenvalue weighted by Crippen LogP contribution is 2.25. The van der Waals surface area contributed by atoms with Crippen molar-refractivity contribution in [2.45, 2.75) is 39.7 Å². The number of alkyl halides is 3. The highest BCUT2D eigenvalue weighted by Gasteiger charge is 2.31. The van der Waals surface area contributed by atoms with Crippen LogP contribution < -0.4 is 10.1 Å². The molecule has 0 aliphatic rings. The molecular weight excluding hydrogens is 419 g/mol. The Bertz CT molecular complexity index is 1050. The van der Waals surface area contributed by atoms with Crippen molar-refractivity contribution in [3.63, 3.8) is 0 Å². The lowest BCUT2D eigenvalue weighted by atomic mass is 10.1. The summed E-state index contributed by atoms with van der Waals surface area (Å²) in [6.45, 7) is 6.12. The third-order valence-electron chi connectivity index (χ3n) is 4.71. The maximum Gasteiger partial charge on any atom is 0.573 e. The third-order valence-corrected chi connectivity index (χ3v) is 4.71. The van der Waals surface area contributed by atoms with E-state index in [1.165, 1.54) is 12.1 Å². The van der Waals surface area contributed by atoms with Crippen LogP contribution in [0.3, 0.4) is 0 Å². The fourth-order valence-corrected chi connectivity index (χ4v) is 3.09. The van der Waals surface area contributed by atoms with E-state index in [0.29, 0.717) is 12.2 Å². The normalized spacial score (nSPS) is 11.3. The Hall–Kier alpha value is -3.55. The lowest BCUT2D eigenvalue weighted by Crippen LogP contribution is -2.39. The number of carbonyl (C=O) groups is 1. The molecule has 3 rings (SSSR count). The summed E-state index contributed by atoms with van der Waals surface area (Å²) in [6.07, 6.45) is -2.96. The SMILES string of the molecule is Cc1ccc(-c2cccc(CN(C(=O)Nc3ccc(OC(F)(F)F)cc3)C(C)C)c2)nc1. The first-order valence-corrected chi connectivity index (χ1v) is 10.1. The van der Waals surface area contributed by atoms with E-state index < -0.39 is 6.36 Å². The minimum absolute atomic E-state index is 0.107. The van der Waals surface area contributed by atoms with Gasteiger partial charge in [0.15, 0.2) is 0 Å². The van der Waals surface area contributed by atoms with Gasteiger partial charge in [0.25, 0.3) is 0 Å². The number of ether oxygens (including phenoxy) is 1. The Labute approximate surface area is 184 Å². The fourth-order valence-electron chi connectivity index (χ4n) is 3.09. The molecule has 0 fully saturated rings. The van der Waals surface area contributed by atoms with Crippen LogP contribution in [0.2, 0.25) is 0 Å². The van der Waals surface area contributed by atoms with Crippen molar-refractivity contribution in [2.75, 3.05) is 5.32 Å². The zero-order valence-corrected chi connectivity index (χ0v) is 18.0. The smallest absolute Gasteiger partial charge is 0.406 e. The van der Waals surface area contributed by atoms with Gasteiger partial charge in [-0.2, -0.15) is 0 Å². The summed E-state index contributed by atoms with van der Waals surface area (Å²) in [5.41, 5.74) is 4.17. The topological polar surface area (TPSA) is 54.5 Å². The predicted molar refractivity (Wildman–Crippen MR) is 117 cm³/mol. The number of pyridine rings is 1. The average molecular weight is 443 g/mol. The number of aryl methyl sites for hydroxylation is 1. The van der Waals surface area contributed by atoms with Crippen molar-refractivity contribution < 1.29 is 22.7 Å². The summed E-state index contributed by atoms with van der Waals surface area (Å²) in [5.74, 6) is -0.349. The molecule has 0 aliphatic carbocycles. The number of hydrogen-bond acceptors (Lipinski definition) is 3. The summed E-state index contributed by atoms with van der Waals surface area (Å²) in [6, 6.07) is 16.3. The van der Waals surface area contributed by atoms with E-state index >= 15 is 0 Å². The zero-order valence-electron chi connectivity index (χ0n) is 18.0. The second kappa shape index (κ2) is 9.72. The second-order valence-corrected chi connectivity index (χ2v) is 7.65. The molecule has 5 nitrogen and oxygen atoms in total. The molecule has 1 aromatic heterocycles. The van der Waals surface area contributed by atoms with Crippen LogP contribution in [0.1, 0.15) is 25.0 Å². The van der Waals surface area contributed by atoms with E-state index in [1.807, 2.05) is 57.2 Å². The van der Waals surface area contributed by atoms with Gasteiger partial charge < -0.3 is 15.0 Å². The molecule has 3 aromatic rings. The van der Waals surface area contributed by atoms with E-state index in [2.05, 4.69) is 15.0 Å². The van der Waals surface area contributed by atoms with Crippen LogP contribution in [0.5, 0.6) is 5.75 Å². The number of amides is 2. The Morgan fingerprint density at radius 1 is 1.09 bits per heavy atom. The van der Waals surface area contributed by atoms with Crippen molar-refractivity contribution in [1.82, 2.24) is 9.88 Å². The van der Waals surface area contributed by atoms with Crippen LogP contribution in [0.4, 0.5) is 23.7 Å². The van der Waals surface area contributed by atoms with Gasteiger partial charge in [-0.3, -0.25) is 4.98 Å². The number of hydrogen-bond donors (Lipinski definition) is 1. The van der Waals surface area contributed by atoms with Crippen molar-refractivity contribution in [1.29, 1.82) is 0 Å². The van der Waals surface area contributed by atoms with E-state index in [-0.39, 0.29) is 17.8 Å². The van der Waals surface area contributed by atoms with Gasteiger partial charge in [0.05, 0.1) is 5.69 Å². The third kappa shape index (κ3) is 6.47. The molecule has 1 N–H and O–H groups in total. The van der Waals surface area contributed by atoms with Crippen LogP contribution in [0.15, 0.2) is 66.9 Å². The maximum atomic E-state index is 12.9. The van der Waals surface area contributed by atoms with Gasteiger partial charge in [-0.1, -0.05) is 24.3 Å². The van der Waals surface area contributed by atoms with Crippen LogP contribution in [-0.4, -0.2) is 28.3 Å². The van der Waals surface area contributed by atoms with E-state index in [0.717, 1.165) is 34.5 Å². The number of aromatic nitrogens is 1. The molecule has 0 aliphatic heterocycles. The van der Waals surface area contributed by atoms with Gasteiger partial charge in [-0.05, 0) is 68.3 Å². The van der Waals surface area contributed by atoms with E-state index in [9.17, 15) is 18.0 Å². The molecule has 1 heterocycles. The number of nitrogens with zero attached hydrogens (tertiary/aromatic N) is 2. The summed E-state index contributed by atoms with van der Waals surface area (Å²) in [7, 11) is 0. The van der Waals surface area contributed by atoms with Crippen LogP contribution >= 0.6 is 0 Å². The summed E-state index contributed by atoms with van der Waals surface area (Å²) in [4.78, 5) is 18.9. The summed E-state index contributed by atoms with van der Waals surface area (Å²) in [5, 5.41) is 2.72. The van der Waals surface area contributed by atoms with Gasteiger partial charge in [0.1, 0.15) is 5.75 Å². The van der Waals surface area contributed by atoms with Gasteiger partial charge in [-0.15, -0.1) is 13.2 Å². The quantitative estimate of drug-likeness (QED) is 0.480. The molecule has 8 heteroatoms. The molecule has 168 valence electrons. The lowest BCUT2D eigenvalue weighted by molar-refractivity contribution is -0.274. The molecule has 0 spiro atoms. The molecule has 0 unspecified atom stereocenters. The molecule has 32 heavy (non-hydrogen) atoms. The van der Waals surface area contributed by atoms with Crippen molar-refractivity contribution in [2.24, 2.45) is 0 Å². The number of halogens is 3. The number of urea groups is 1. The highest BCUT2D eigenvalue weighted by molar-refractivity contribution is 5.89. The van der Waals surface area contributed by atoms with Gasteiger partial charge >= 0.3 is 12.4 Å². The minimum atomic E-state index is -4.76. The number of carbonyl (C=O) groups excluding carboxylic acids is 1. The lowest BCUT2D eigenvalue weighted by Gasteiger charge is -2.27. The highest BCUT2D eigenvalue weighted by atomic mass is 19.4. The van der Waals surface area contributed by atoms with Crippen LogP contribution in [-0.2, 0) is 6.54 Å². The minimum Gasteiger partial charge on any atom is -0.406 e. The largest absolute Gasteiger partial charge is 0.573 e. The summed E-state index contributed by atoms with van der Waals surface area (Å²) >= 11 is 0. The Morgan fingerprint density at radius 2 is 1.81 bits per heavy atom. The first kappa shape index (κ1) is 23.1. The zero-order chi connectivity index (χ0) is 23.3. The molecular formula is C24H24F3N3O2. The molecule has 0 bridgehead atoms. The van der Waals surface area contributed by atoms with Gasteiger partial charge in [0.2, 0.25) is 0 Å². The molecule has 2 aromatic carbocycles. The van der Waals surface area contributed by atoms with Crippen LogP contribution in [0.25, 0.3) is 11.3 Å². The monoisotopic (exact) mass is 443 g/mol.